The van der Waals surface area contributed by atoms with Crippen LogP contribution in [0.4, 0.5) is 5.82 Å². The maximum atomic E-state index is 11.8. The van der Waals surface area contributed by atoms with Gasteiger partial charge < -0.3 is 24.7 Å². The minimum absolute atomic E-state index is 0.136. The number of carbonyl (C=O) groups is 3. The van der Waals surface area contributed by atoms with Crippen LogP contribution in [-0.2, 0) is 33.3 Å². The van der Waals surface area contributed by atoms with E-state index >= 15 is 0 Å². The van der Waals surface area contributed by atoms with E-state index in [9.17, 15) is 14.4 Å². The summed E-state index contributed by atoms with van der Waals surface area (Å²) in [4.78, 5) is 47.2. The van der Waals surface area contributed by atoms with Gasteiger partial charge in [-0.05, 0) is 6.08 Å². The molecule has 3 rings (SSSR count). The first-order chi connectivity index (χ1) is 14.2. The monoisotopic (exact) mass is 419 g/mol. The lowest BCUT2D eigenvalue weighted by molar-refractivity contribution is -0.166. The highest BCUT2D eigenvalue weighted by atomic mass is 16.7. The zero-order chi connectivity index (χ0) is 22.0. The van der Waals surface area contributed by atoms with Gasteiger partial charge in [0.1, 0.15) is 24.9 Å². The Morgan fingerprint density at radius 1 is 1.17 bits per heavy atom. The van der Waals surface area contributed by atoms with E-state index in [-0.39, 0.29) is 12.4 Å². The molecule has 2 aromatic heterocycles. The van der Waals surface area contributed by atoms with Crippen LogP contribution >= 0.6 is 0 Å². The van der Waals surface area contributed by atoms with Gasteiger partial charge in [0.05, 0.1) is 0 Å². The third-order valence-corrected chi connectivity index (χ3v) is 4.31. The van der Waals surface area contributed by atoms with Crippen LogP contribution < -0.4 is 5.73 Å². The summed E-state index contributed by atoms with van der Waals surface area (Å²) in [7, 11) is 0. The summed E-state index contributed by atoms with van der Waals surface area (Å²) in [6.45, 7) is 7.15. The van der Waals surface area contributed by atoms with Gasteiger partial charge in [-0.15, -0.1) is 0 Å². The molecular formula is C18H21N5O7. The van der Waals surface area contributed by atoms with Crippen molar-refractivity contribution < 1.29 is 33.3 Å². The Morgan fingerprint density at radius 3 is 2.43 bits per heavy atom. The average Bonchev–Trinajstić information content (AvgIpc) is 3.18. The second-order valence-corrected chi connectivity index (χ2v) is 6.49. The molecule has 12 nitrogen and oxygen atoms in total. The summed E-state index contributed by atoms with van der Waals surface area (Å²) in [5.41, 5.74) is 6.49. The molecule has 2 N–H and O–H groups in total. The van der Waals surface area contributed by atoms with Gasteiger partial charge in [-0.2, -0.15) is 0 Å². The molecular weight excluding hydrogens is 398 g/mol. The molecule has 0 spiro atoms. The highest BCUT2D eigenvalue weighted by Gasteiger charge is 2.51. The number of hydrogen-bond acceptors (Lipinski definition) is 11. The number of nitrogen functional groups attached to an aromatic ring is 1. The number of rotatable bonds is 6. The Kier molecular flexibility index (Phi) is 5.96. The van der Waals surface area contributed by atoms with E-state index in [0.29, 0.717) is 17.0 Å². The first-order valence-corrected chi connectivity index (χ1v) is 8.97. The Labute approximate surface area is 171 Å². The Bertz CT molecular complexity index is 1000. The van der Waals surface area contributed by atoms with Gasteiger partial charge in [0.25, 0.3) is 0 Å². The molecule has 2 aromatic rings. The smallest absolute Gasteiger partial charge is 0.303 e. The first-order valence-electron chi connectivity index (χ1n) is 8.97. The van der Waals surface area contributed by atoms with Gasteiger partial charge in [-0.25, -0.2) is 15.0 Å². The number of hydrogen-bond donors (Lipinski definition) is 1. The minimum Gasteiger partial charge on any atom is -0.463 e. The number of carbonyl (C=O) groups excluding carboxylic acids is 3. The molecule has 1 saturated heterocycles. The van der Waals surface area contributed by atoms with Crippen molar-refractivity contribution in [1.82, 2.24) is 19.5 Å². The first kappa shape index (κ1) is 21.2. The molecule has 0 unspecified atom stereocenters. The van der Waals surface area contributed by atoms with Crippen molar-refractivity contribution in [2.45, 2.75) is 45.3 Å². The van der Waals surface area contributed by atoms with E-state index in [0.717, 1.165) is 0 Å². The van der Waals surface area contributed by atoms with Crippen molar-refractivity contribution in [2.75, 3.05) is 12.3 Å². The molecule has 1 aliphatic rings. The van der Waals surface area contributed by atoms with Gasteiger partial charge in [0.15, 0.2) is 35.4 Å². The largest absolute Gasteiger partial charge is 0.463 e. The second kappa shape index (κ2) is 8.45. The molecule has 0 saturated carbocycles. The standard InChI is InChI=1S/C18H21N5O7/c1-5-12-22-13-16(19)20-7-21-17(13)23(12)18-15(29-10(4)26)14(28-9(3)25)11(30-18)6-27-8(2)24/h5,7,11,14-15,18H,1,6H2,2-4H3,(H2,19,20,21)/t11-,14-,15-,18-/m1/s1. The van der Waals surface area contributed by atoms with Crippen LogP contribution in [0, 0.1) is 0 Å². The van der Waals surface area contributed by atoms with Crippen LogP contribution in [0.5, 0.6) is 0 Å². The van der Waals surface area contributed by atoms with E-state index in [1.54, 1.807) is 0 Å². The van der Waals surface area contributed by atoms with Crippen LogP contribution in [0.3, 0.4) is 0 Å². The van der Waals surface area contributed by atoms with Crippen LogP contribution in [-0.4, -0.2) is 62.3 Å². The van der Waals surface area contributed by atoms with E-state index < -0.39 is 42.4 Å². The van der Waals surface area contributed by atoms with Crippen molar-refractivity contribution in [3.63, 3.8) is 0 Å². The number of fused-ring (bicyclic) bond motifs is 1. The summed E-state index contributed by atoms with van der Waals surface area (Å²) < 4.78 is 23.4. The minimum atomic E-state index is -1.08. The fourth-order valence-corrected chi connectivity index (χ4v) is 3.24. The maximum Gasteiger partial charge on any atom is 0.303 e. The molecule has 4 atom stereocenters. The number of imidazole rings is 1. The van der Waals surface area contributed by atoms with Gasteiger partial charge in [0, 0.05) is 20.8 Å². The second-order valence-electron chi connectivity index (χ2n) is 6.49. The van der Waals surface area contributed by atoms with Gasteiger partial charge >= 0.3 is 17.9 Å². The average molecular weight is 419 g/mol. The van der Waals surface area contributed by atoms with Crippen LogP contribution in [0.1, 0.15) is 32.8 Å². The molecule has 0 aliphatic carbocycles. The topological polar surface area (TPSA) is 158 Å². The highest BCUT2D eigenvalue weighted by molar-refractivity contribution is 5.83. The van der Waals surface area contributed by atoms with Crippen molar-refractivity contribution in [3.8, 4) is 0 Å². The van der Waals surface area contributed by atoms with E-state index in [4.69, 9.17) is 24.7 Å². The summed E-state index contributed by atoms with van der Waals surface area (Å²) in [5.74, 6) is -1.35. The van der Waals surface area contributed by atoms with Gasteiger partial charge in [0.2, 0.25) is 0 Å². The molecule has 0 aromatic carbocycles. The summed E-state index contributed by atoms with van der Waals surface area (Å²) in [6.07, 6.45) is -1.38. The predicted molar refractivity (Wildman–Crippen MR) is 101 cm³/mol. The number of anilines is 1. The van der Waals surface area contributed by atoms with Crippen molar-refractivity contribution in [1.29, 1.82) is 0 Å². The van der Waals surface area contributed by atoms with Crippen LogP contribution in [0.25, 0.3) is 17.2 Å². The lowest BCUT2D eigenvalue weighted by Gasteiger charge is -2.24. The molecule has 30 heavy (non-hydrogen) atoms. The Balaban J connectivity index is 2.11. The molecule has 1 fully saturated rings. The van der Waals surface area contributed by atoms with E-state index in [1.807, 2.05) is 0 Å². The zero-order valence-corrected chi connectivity index (χ0v) is 16.6. The zero-order valence-electron chi connectivity index (χ0n) is 16.6. The number of nitrogens with two attached hydrogens (primary N) is 1. The van der Waals surface area contributed by atoms with Gasteiger partial charge in [-0.1, -0.05) is 6.58 Å². The summed E-state index contributed by atoms with van der Waals surface area (Å²) >= 11 is 0. The quantitative estimate of drug-likeness (QED) is 0.509. The summed E-state index contributed by atoms with van der Waals surface area (Å²) in [6, 6.07) is 0. The molecule has 0 bridgehead atoms. The third kappa shape index (κ3) is 4.08. The van der Waals surface area contributed by atoms with Crippen LogP contribution in [0.2, 0.25) is 0 Å². The van der Waals surface area contributed by atoms with Crippen molar-refractivity contribution >= 4 is 41.0 Å². The number of ether oxygens (including phenoxy) is 4. The highest BCUT2D eigenvalue weighted by Crippen LogP contribution is 2.37. The maximum absolute atomic E-state index is 11.8. The van der Waals surface area contributed by atoms with Gasteiger partial charge in [-0.3, -0.25) is 19.0 Å². The fraction of sp³-hybridized carbons (Fsp3) is 0.444. The molecule has 12 heteroatoms. The van der Waals surface area contributed by atoms with E-state index in [1.165, 1.54) is 37.7 Å². The molecule has 0 amide bonds. The van der Waals surface area contributed by atoms with Crippen LogP contribution in [0.15, 0.2) is 12.9 Å². The molecule has 0 radical (unpaired) electrons. The van der Waals surface area contributed by atoms with Crippen molar-refractivity contribution in [2.24, 2.45) is 0 Å². The molecule has 3 heterocycles. The SMILES string of the molecule is C=Cc1nc2c(N)ncnc2n1[C@@H]1O[C@H](COC(C)=O)[C@@H](OC(C)=O)[C@H]1OC(C)=O. The predicted octanol–water partition coefficient (Wildman–Crippen LogP) is 0.375. The number of aromatic nitrogens is 4. The molecule has 160 valence electrons. The summed E-state index contributed by atoms with van der Waals surface area (Å²) in [5, 5.41) is 0. The molecule has 1 aliphatic heterocycles. The van der Waals surface area contributed by atoms with Crippen molar-refractivity contribution in [3.05, 3.63) is 18.7 Å². The Morgan fingerprint density at radius 2 is 1.83 bits per heavy atom. The Hall–Kier alpha value is -3.54. The lowest BCUT2D eigenvalue weighted by Crippen LogP contribution is -2.40. The van der Waals surface area contributed by atoms with E-state index in [2.05, 4.69) is 21.5 Å². The fourth-order valence-electron chi connectivity index (χ4n) is 3.24. The lowest BCUT2D eigenvalue weighted by atomic mass is 10.1. The number of esters is 3. The third-order valence-electron chi connectivity index (χ3n) is 4.31. The normalized spacial score (nSPS) is 23.2. The number of nitrogens with zero attached hydrogens (tertiary/aromatic N) is 4.